The van der Waals surface area contributed by atoms with Crippen molar-refractivity contribution < 1.29 is 45.0 Å². The normalized spacial score (nSPS) is 16.0. The van der Waals surface area contributed by atoms with Gasteiger partial charge in [0.15, 0.2) is 6.61 Å². The van der Waals surface area contributed by atoms with E-state index in [1.807, 2.05) is 0 Å². The lowest BCUT2D eigenvalue weighted by Crippen LogP contribution is -2.36. The quantitative estimate of drug-likeness (QED) is 0.289. The lowest BCUT2D eigenvalue weighted by atomic mass is 9.87. The molecule has 1 N–H and O–H groups in total. The molecule has 0 amide bonds. The molecule has 4 rings (SSSR count). The molecule has 1 aliphatic rings. The number of halogens is 5. The third kappa shape index (κ3) is 6.44. The average Bonchev–Trinajstić information content (AvgIpc) is 2.89. The zero-order valence-electron chi connectivity index (χ0n) is 21.3. The molecular formula is C28H26F5NO5S. The highest BCUT2D eigenvalue weighted by atomic mass is 32.2. The van der Waals surface area contributed by atoms with E-state index in [9.17, 15) is 35.2 Å². The smallest absolute Gasteiger partial charge is 0.416 e. The van der Waals surface area contributed by atoms with Crippen molar-refractivity contribution in [3.63, 3.8) is 0 Å². The number of benzene rings is 3. The van der Waals surface area contributed by atoms with Gasteiger partial charge < -0.3 is 9.84 Å². The van der Waals surface area contributed by atoms with Crippen molar-refractivity contribution in [1.82, 2.24) is 4.31 Å². The highest BCUT2D eigenvalue weighted by Gasteiger charge is 2.40. The van der Waals surface area contributed by atoms with Crippen LogP contribution in [0.15, 0.2) is 71.6 Å². The van der Waals surface area contributed by atoms with E-state index in [0.717, 1.165) is 4.31 Å². The molecule has 0 saturated heterocycles. The van der Waals surface area contributed by atoms with Crippen LogP contribution in [0.1, 0.15) is 53.6 Å². The van der Waals surface area contributed by atoms with Gasteiger partial charge in [0.1, 0.15) is 5.75 Å². The summed E-state index contributed by atoms with van der Waals surface area (Å²) in [4.78, 5) is 10.2. The molecule has 6 nitrogen and oxygen atoms in total. The molecule has 214 valence electrons. The van der Waals surface area contributed by atoms with Gasteiger partial charge in [-0.1, -0.05) is 42.5 Å². The van der Waals surface area contributed by atoms with Crippen LogP contribution in [-0.2, 0) is 39.9 Å². The van der Waals surface area contributed by atoms with Crippen molar-refractivity contribution in [2.75, 3.05) is 6.61 Å². The first kappa shape index (κ1) is 29.5. The van der Waals surface area contributed by atoms with Crippen LogP contribution in [0.4, 0.5) is 22.0 Å². The van der Waals surface area contributed by atoms with Crippen LogP contribution in [0.3, 0.4) is 0 Å². The predicted octanol–water partition coefficient (Wildman–Crippen LogP) is 6.55. The van der Waals surface area contributed by atoms with Gasteiger partial charge >= 0.3 is 12.1 Å². The first-order valence-corrected chi connectivity index (χ1v) is 13.7. The summed E-state index contributed by atoms with van der Waals surface area (Å²) in [6.45, 7) is -0.469. The van der Waals surface area contributed by atoms with Crippen LogP contribution in [0, 0.1) is 0 Å². The first-order chi connectivity index (χ1) is 18.7. The minimum Gasteiger partial charge on any atom is -0.482 e. The van der Waals surface area contributed by atoms with Crippen LogP contribution >= 0.6 is 0 Å². The van der Waals surface area contributed by atoms with Gasteiger partial charge in [0.05, 0.1) is 16.5 Å². The fourth-order valence-electron chi connectivity index (χ4n) is 4.79. The highest BCUT2D eigenvalue weighted by Crippen LogP contribution is 2.43. The van der Waals surface area contributed by atoms with E-state index in [1.54, 1.807) is 48.5 Å². The summed E-state index contributed by atoms with van der Waals surface area (Å²) in [5.74, 6) is -4.68. The Bertz CT molecular complexity index is 1450. The monoisotopic (exact) mass is 583 g/mol. The van der Waals surface area contributed by atoms with Gasteiger partial charge in [-0.15, -0.1) is 0 Å². The van der Waals surface area contributed by atoms with Gasteiger partial charge in [-0.2, -0.15) is 17.5 Å². The lowest BCUT2D eigenvalue weighted by molar-refractivity contribution is -0.139. The van der Waals surface area contributed by atoms with Crippen LogP contribution in [0.5, 0.6) is 5.75 Å². The van der Waals surface area contributed by atoms with Crippen molar-refractivity contribution in [3.05, 3.63) is 94.5 Å². The van der Waals surface area contributed by atoms with Crippen molar-refractivity contribution in [1.29, 1.82) is 0 Å². The number of aliphatic carboxylic acids is 1. The summed E-state index contributed by atoms with van der Waals surface area (Å²) in [6, 6.07) is 13.5. The number of hydrogen-bond donors (Lipinski definition) is 1. The Hall–Kier alpha value is -3.51. The fraction of sp³-hybridized carbons (Fsp3) is 0.321. The van der Waals surface area contributed by atoms with E-state index in [2.05, 4.69) is 0 Å². The Kier molecular flexibility index (Phi) is 8.23. The third-order valence-electron chi connectivity index (χ3n) is 6.66. The van der Waals surface area contributed by atoms with E-state index in [-0.39, 0.29) is 24.8 Å². The molecule has 0 heterocycles. The van der Waals surface area contributed by atoms with E-state index in [1.165, 1.54) is 0 Å². The van der Waals surface area contributed by atoms with E-state index in [4.69, 9.17) is 9.84 Å². The number of carboxylic acids is 1. The number of carboxylic acid groups (broad SMARTS) is 1. The fourth-order valence-corrected chi connectivity index (χ4v) is 6.49. The predicted molar refractivity (Wildman–Crippen MR) is 135 cm³/mol. The van der Waals surface area contributed by atoms with E-state index >= 15 is 0 Å². The van der Waals surface area contributed by atoms with Crippen LogP contribution in [0.25, 0.3) is 0 Å². The summed E-state index contributed by atoms with van der Waals surface area (Å²) < 4.78 is 104. The number of sulfonamides is 1. The highest BCUT2D eigenvalue weighted by molar-refractivity contribution is 7.89. The van der Waals surface area contributed by atoms with Crippen LogP contribution in [-0.4, -0.2) is 30.4 Å². The second-order valence-corrected chi connectivity index (χ2v) is 11.5. The number of alkyl halides is 5. The Morgan fingerprint density at radius 1 is 1.00 bits per heavy atom. The summed E-state index contributed by atoms with van der Waals surface area (Å²) in [6.07, 6.45) is -3.86. The summed E-state index contributed by atoms with van der Waals surface area (Å²) in [5, 5.41) is 9.03. The number of fused-ring (bicyclic) bond motifs is 1. The molecule has 0 bridgehead atoms. The Labute approximate surface area is 228 Å². The molecule has 3 aromatic carbocycles. The zero-order chi connectivity index (χ0) is 29.3. The SMILES string of the molecule is CC(F)(F)c1cc(C(F)(F)F)cc(S(=O)(=O)N(Cc2ccccc2)[C@@H]2CCCc3c(OCC(=O)O)cccc32)c1. The molecule has 1 atom stereocenters. The molecule has 1 aliphatic carbocycles. The van der Waals surface area contributed by atoms with Gasteiger partial charge in [-0.3, -0.25) is 0 Å². The maximum Gasteiger partial charge on any atom is 0.416 e. The van der Waals surface area contributed by atoms with Gasteiger partial charge in [0.2, 0.25) is 10.0 Å². The standard InChI is InChI=1S/C28H26F5NO5S/c1-27(29,30)19-13-20(28(31,32)33)15-21(14-19)40(37,38)34(16-18-7-3-2-4-8-18)24-11-5-10-23-22(24)9-6-12-25(23)39-17-26(35)36/h2-4,6-9,12-15,24H,5,10-11,16-17H2,1H3,(H,35,36)/t24-/m1/s1. The molecule has 0 unspecified atom stereocenters. The molecule has 0 saturated carbocycles. The average molecular weight is 584 g/mol. The summed E-state index contributed by atoms with van der Waals surface area (Å²) in [7, 11) is -4.78. The number of carbonyl (C=O) groups is 1. The van der Waals surface area contributed by atoms with Gasteiger partial charge in [-0.25, -0.2) is 22.0 Å². The molecule has 0 aromatic heterocycles. The second-order valence-electron chi connectivity index (χ2n) is 9.58. The van der Waals surface area contributed by atoms with E-state index in [0.29, 0.717) is 48.6 Å². The second kappa shape index (κ2) is 11.2. The zero-order valence-corrected chi connectivity index (χ0v) is 22.1. The first-order valence-electron chi connectivity index (χ1n) is 12.3. The van der Waals surface area contributed by atoms with Crippen molar-refractivity contribution >= 4 is 16.0 Å². The number of ether oxygens (including phenoxy) is 1. The van der Waals surface area contributed by atoms with Crippen LogP contribution < -0.4 is 4.74 Å². The number of rotatable bonds is 9. The maximum atomic E-state index is 14.2. The van der Waals surface area contributed by atoms with Crippen molar-refractivity contribution in [2.45, 2.75) is 55.8 Å². The molecule has 3 aromatic rings. The molecule has 0 fully saturated rings. The molecule has 0 radical (unpaired) electrons. The molecule has 40 heavy (non-hydrogen) atoms. The molecule has 12 heteroatoms. The van der Waals surface area contributed by atoms with Crippen molar-refractivity contribution in [2.24, 2.45) is 0 Å². The Morgan fingerprint density at radius 3 is 2.30 bits per heavy atom. The summed E-state index contributed by atoms with van der Waals surface area (Å²) >= 11 is 0. The lowest BCUT2D eigenvalue weighted by Gasteiger charge is -2.36. The molecule has 0 aliphatic heterocycles. The van der Waals surface area contributed by atoms with Gasteiger partial charge in [-0.05, 0) is 60.2 Å². The number of hydrogen-bond acceptors (Lipinski definition) is 4. The van der Waals surface area contributed by atoms with Gasteiger partial charge in [0, 0.05) is 19.0 Å². The van der Waals surface area contributed by atoms with Crippen LogP contribution in [0.2, 0.25) is 0 Å². The minimum atomic E-state index is -5.07. The van der Waals surface area contributed by atoms with Gasteiger partial charge in [0.25, 0.3) is 5.92 Å². The summed E-state index contributed by atoms with van der Waals surface area (Å²) in [5.41, 5.74) is -0.962. The van der Waals surface area contributed by atoms with Crippen molar-refractivity contribution in [3.8, 4) is 5.75 Å². The minimum absolute atomic E-state index is 0.248. The third-order valence-corrected chi connectivity index (χ3v) is 8.49. The molecular weight excluding hydrogens is 557 g/mol. The topological polar surface area (TPSA) is 83.9 Å². The Balaban J connectivity index is 1.88. The molecule has 0 spiro atoms. The number of nitrogens with zero attached hydrogens (tertiary/aromatic N) is 1. The maximum absolute atomic E-state index is 14.2. The largest absolute Gasteiger partial charge is 0.482 e. The van der Waals surface area contributed by atoms with E-state index < -0.39 is 56.8 Å². The Morgan fingerprint density at radius 2 is 1.68 bits per heavy atom.